The van der Waals surface area contributed by atoms with E-state index in [2.05, 4.69) is 10.4 Å². The molecule has 0 spiro atoms. The van der Waals surface area contributed by atoms with Crippen molar-refractivity contribution in [3.05, 3.63) is 21.6 Å². The smallest absolute Gasteiger partial charge is 0.287 e. The molecule has 0 amide bonds. The molecule has 0 aliphatic heterocycles. The van der Waals surface area contributed by atoms with Crippen LogP contribution in [0.5, 0.6) is 0 Å². The molecule has 1 unspecified atom stereocenters. The molecule has 1 aromatic heterocycles. The molecule has 0 saturated heterocycles. The summed E-state index contributed by atoms with van der Waals surface area (Å²) in [6.07, 6.45) is 1.57. The number of rotatable bonds is 5. The summed E-state index contributed by atoms with van der Waals surface area (Å²) in [6.45, 7) is 6.23. The van der Waals surface area contributed by atoms with Crippen LogP contribution in [-0.2, 0) is 4.74 Å². The number of hydrogen-bond acceptors (Lipinski definition) is 4. The van der Waals surface area contributed by atoms with Crippen LogP contribution in [0.25, 0.3) is 0 Å². The van der Waals surface area contributed by atoms with Crippen LogP contribution >= 0.6 is 11.6 Å². The summed E-state index contributed by atoms with van der Waals surface area (Å²) in [6, 6.07) is 0.0547. The molecule has 17 heavy (non-hydrogen) atoms. The maximum atomic E-state index is 11.9. The number of ether oxygens (including phenoxy) is 1. The number of hydrogen-bond donors (Lipinski definition) is 1. The Balaban J connectivity index is 2.97. The first kappa shape index (κ1) is 14.0. The van der Waals surface area contributed by atoms with Crippen molar-refractivity contribution in [2.24, 2.45) is 0 Å². The summed E-state index contributed by atoms with van der Waals surface area (Å²) >= 11 is 6.01. The zero-order chi connectivity index (χ0) is 13.0. The highest BCUT2D eigenvalue weighted by Crippen LogP contribution is 2.17. The van der Waals surface area contributed by atoms with Gasteiger partial charge in [-0.3, -0.25) is 4.79 Å². The van der Waals surface area contributed by atoms with Crippen molar-refractivity contribution in [2.75, 3.05) is 19.0 Å². The summed E-state index contributed by atoms with van der Waals surface area (Å²) in [5.74, 6) is 0. The Bertz CT molecular complexity index is 431. The minimum absolute atomic E-state index is 0.00884. The van der Waals surface area contributed by atoms with Crippen LogP contribution < -0.4 is 10.9 Å². The predicted octanol–water partition coefficient (Wildman–Crippen LogP) is 1.92. The van der Waals surface area contributed by atoms with E-state index in [9.17, 15) is 4.79 Å². The fourth-order valence-corrected chi connectivity index (χ4v) is 1.66. The molecule has 96 valence electrons. The van der Waals surface area contributed by atoms with Gasteiger partial charge < -0.3 is 10.1 Å². The van der Waals surface area contributed by atoms with E-state index in [1.54, 1.807) is 13.3 Å². The zero-order valence-electron chi connectivity index (χ0n) is 10.5. The number of halogens is 1. The van der Waals surface area contributed by atoms with Crippen molar-refractivity contribution >= 4 is 17.3 Å². The molecular formula is C11H18ClN3O2. The lowest BCUT2D eigenvalue weighted by Gasteiger charge is -2.16. The van der Waals surface area contributed by atoms with E-state index < -0.39 is 0 Å². The Morgan fingerprint density at radius 3 is 2.71 bits per heavy atom. The summed E-state index contributed by atoms with van der Waals surface area (Å²) in [5, 5.41) is 7.32. The largest absolute Gasteiger partial charge is 0.383 e. The molecular weight excluding hydrogens is 242 g/mol. The van der Waals surface area contributed by atoms with E-state index in [0.717, 1.165) is 0 Å². The Morgan fingerprint density at radius 2 is 2.18 bits per heavy atom. The molecule has 1 heterocycles. The van der Waals surface area contributed by atoms with Gasteiger partial charge in [0.05, 0.1) is 24.5 Å². The molecule has 0 bridgehead atoms. The molecule has 0 aromatic carbocycles. The van der Waals surface area contributed by atoms with Crippen LogP contribution in [0.15, 0.2) is 11.0 Å². The van der Waals surface area contributed by atoms with Gasteiger partial charge in [0.1, 0.15) is 5.02 Å². The molecule has 1 rings (SSSR count). The quantitative estimate of drug-likeness (QED) is 0.878. The zero-order valence-corrected chi connectivity index (χ0v) is 11.3. The van der Waals surface area contributed by atoms with Gasteiger partial charge >= 0.3 is 0 Å². The summed E-state index contributed by atoms with van der Waals surface area (Å²) < 4.78 is 6.35. The average molecular weight is 260 g/mol. The van der Waals surface area contributed by atoms with Crippen LogP contribution in [-0.4, -0.2) is 29.5 Å². The summed E-state index contributed by atoms with van der Waals surface area (Å²) in [7, 11) is 1.62. The van der Waals surface area contributed by atoms with Crippen molar-refractivity contribution in [3.8, 4) is 0 Å². The van der Waals surface area contributed by atoms with Gasteiger partial charge in [0.2, 0.25) is 0 Å². The predicted molar refractivity (Wildman–Crippen MR) is 68.9 cm³/mol. The third-order valence-corrected chi connectivity index (χ3v) is 2.62. The van der Waals surface area contributed by atoms with Crippen LogP contribution in [0.2, 0.25) is 5.02 Å². The number of nitrogens with one attached hydrogen (secondary N) is 1. The van der Waals surface area contributed by atoms with Crippen molar-refractivity contribution in [1.29, 1.82) is 0 Å². The highest BCUT2D eigenvalue weighted by molar-refractivity contribution is 6.32. The maximum Gasteiger partial charge on any atom is 0.287 e. The highest BCUT2D eigenvalue weighted by atomic mass is 35.5. The van der Waals surface area contributed by atoms with E-state index in [4.69, 9.17) is 16.3 Å². The molecule has 1 atom stereocenters. The Labute approximate surface area is 106 Å². The Hall–Kier alpha value is -1.07. The highest BCUT2D eigenvalue weighted by Gasteiger charge is 2.12. The molecule has 0 radical (unpaired) electrons. The molecule has 0 saturated carbocycles. The Kier molecular flexibility index (Phi) is 4.96. The van der Waals surface area contributed by atoms with E-state index in [0.29, 0.717) is 12.3 Å². The van der Waals surface area contributed by atoms with Crippen LogP contribution in [0.4, 0.5) is 5.69 Å². The lowest BCUT2D eigenvalue weighted by Crippen LogP contribution is -2.28. The molecule has 0 aliphatic carbocycles. The van der Waals surface area contributed by atoms with E-state index in [1.807, 2.05) is 20.8 Å². The normalized spacial score (nSPS) is 12.8. The number of aromatic nitrogens is 2. The molecule has 1 N–H and O–H groups in total. The van der Waals surface area contributed by atoms with Gasteiger partial charge in [0, 0.05) is 13.2 Å². The number of nitrogens with zero attached hydrogens (tertiary/aromatic N) is 2. The van der Waals surface area contributed by atoms with Gasteiger partial charge in [0.15, 0.2) is 0 Å². The molecule has 6 heteroatoms. The third kappa shape index (κ3) is 3.44. The van der Waals surface area contributed by atoms with Crippen LogP contribution in [0.1, 0.15) is 26.8 Å². The van der Waals surface area contributed by atoms with Gasteiger partial charge in [-0.2, -0.15) is 5.10 Å². The second-order valence-corrected chi connectivity index (χ2v) is 4.59. The Morgan fingerprint density at radius 1 is 1.53 bits per heavy atom. The molecule has 1 aromatic rings. The van der Waals surface area contributed by atoms with Gasteiger partial charge in [0.25, 0.3) is 5.56 Å². The van der Waals surface area contributed by atoms with Gasteiger partial charge in [-0.25, -0.2) is 4.68 Å². The summed E-state index contributed by atoms with van der Waals surface area (Å²) in [4.78, 5) is 11.9. The molecule has 5 nitrogen and oxygen atoms in total. The first-order valence-corrected chi connectivity index (χ1v) is 5.88. The second kappa shape index (κ2) is 6.02. The minimum atomic E-state index is -0.281. The number of methoxy groups -OCH3 is 1. The SMILES string of the molecule is COCC(C)Nc1cnn(C(C)C)c(=O)c1Cl. The fraction of sp³-hybridized carbons (Fsp3) is 0.636. The van der Waals surface area contributed by atoms with Crippen molar-refractivity contribution in [3.63, 3.8) is 0 Å². The summed E-state index contributed by atoms with van der Waals surface area (Å²) in [5.41, 5.74) is 0.259. The van der Waals surface area contributed by atoms with Crippen LogP contribution in [0.3, 0.4) is 0 Å². The molecule has 0 aliphatic rings. The van der Waals surface area contributed by atoms with Crippen molar-refractivity contribution < 1.29 is 4.74 Å². The van der Waals surface area contributed by atoms with Gasteiger partial charge in [-0.05, 0) is 20.8 Å². The maximum absolute atomic E-state index is 11.9. The van der Waals surface area contributed by atoms with Crippen molar-refractivity contribution in [2.45, 2.75) is 32.9 Å². The standard InChI is InChI=1S/C11H18ClN3O2/c1-7(2)15-11(16)10(12)9(5-13-15)14-8(3)6-17-4/h5,7-8,14H,6H2,1-4H3. The first-order valence-electron chi connectivity index (χ1n) is 5.50. The lowest BCUT2D eigenvalue weighted by molar-refractivity contribution is 0.190. The fourth-order valence-electron chi connectivity index (χ4n) is 1.47. The number of anilines is 1. The lowest BCUT2D eigenvalue weighted by atomic mass is 10.3. The van der Waals surface area contributed by atoms with Gasteiger partial charge in [-0.1, -0.05) is 11.6 Å². The van der Waals surface area contributed by atoms with Gasteiger partial charge in [-0.15, -0.1) is 0 Å². The first-order chi connectivity index (χ1) is 7.97. The van der Waals surface area contributed by atoms with E-state index in [-0.39, 0.29) is 22.7 Å². The average Bonchev–Trinajstić information content (AvgIpc) is 2.25. The van der Waals surface area contributed by atoms with E-state index >= 15 is 0 Å². The minimum Gasteiger partial charge on any atom is -0.383 e. The topological polar surface area (TPSA) is 56.1 Å². The monoisotopic (exact) mass is 259 g/mol. The van der Waals surface area contributed by atoms with Crippen molar-refractivity contribution in [1.82, 2.24) is 9.78 Å². The third-order valence-electron chi connectivity index (χ3n) is 2.25. The second-order valence-electron chi connectivity index (χ2n) is 4.22. The molecule has 0 fully saturated rings. The van der Waals surface area contributed by atoms with Crippen LogP contribution in [0, 0.1) is 0 Å². The van der Waals surface area contributed by atoms with E-state index in [1.165, 1.54) is 4.68 Å².